The molecule has 0 saturated heterocycles. The summed E-state index contributed by atoms with van der Waals surface area (Å²) in [6.07, 6.45) is 4.71. The molecule has 0 bridgehead atoms. The monoisotopic (exact) mass is 166 g/mol. The molecule has 12 heavy (non-hydrogen) atoms. The molecular formula is C7H10N4O. The SMILES string of the molecule is NC1(C(=O)Nc2cn[nH]c2)CC1. The topological polar surface area (TPSA) is 83.8 Å². The Bertz CT molecular complexity index is 288. The van der Waals surface area contributed by atoms with E-state index in [1.165, 1.54) is 0 Å². The number of nitrogens with zero attached hydrogens (tertiary/aromatic N) is 1. The van der Waals surface area contributed by atoms with E-state index in [2.05, 4.69) is 15.5 Å². The van der Waals surface area contributed by atoms with Crippen molar-refractivity contribution < 1.29 is 4.79 Å². The largest absolute Gasteiger partial charge is 0.322 e. The zero-order valence-electron chi connectivity index (χ0n) is 6.50. The van der Waals surface area contributed by atoms with Crippen LogP contribution >= 0.6 is 0 Å². The molecule has 0 radical (unpaired) electrons. The maximum Gasteiger partial charge on any atom is 0.244 e. The minimum absolute atomic E-state index is 0.121. The van der Waals surface area contributed by atoms with E-state index >= 15 is 0 Å². The second-order valence-electron chi connectivity index (χ2n) is 3.10. The molecule has 0 spiro atoms. The van der Waals surface area contributed by atoms with Crippen LogP contribution in [0.4, 0.5) is 5.69 Å². The Morgan fingerprint density at radius 3 is 3.00 bits per heavy atom. The van der Waals surface area contributed by atoms with Gasteiger partial charge in [-0.2, -0.15) is 5.10 Å². The molecule has 2 rings (SSSR count). The molecule has 1 aromatic heterocycles. The summed E-state index contributed by atoms with van der Waals surface area (Å²) in [5, 5.41) is 8.97. The molecule has 0 atom stereocenters. The van der Waals surface area contributed by atoms with Crippen molar-refractivity contribution in [3.63, 3.8) is 0 Å². The lowest BCUT2D eigenvalue weighted by atomic mass is 10.3. The van der Waals surface area contributed by atoms with Crippen molar-refractivity contribution in [1.82, 2.24) is 10.2 Å². The van der Waals surface area contributed by atoms with Gasteiger partial charge in [-0.3, -0.25) is 9.89 Å². The summed E-state index contributed by atoms with van der Waals surface area (Å²) in [6, 6.07) is 0. The van der Waals surface area contributed by atoms with Gasteiger partial charge in [-0.05, 0) is 12.8 Å². The van der Waals surface area contributed by atoms with Gasteiger partial charge < -0.3 is 11.1 Å². The van der Waals surface area contributed by atoms with Gasteiger partial charge in [0.1, 0.15) is 0 Å². The Balaban J connectivity index is 2.00. The molecule has 1 amide bonds. The number of aromatic amines is 1. The van der Waals surface area contributed by atoms with Gasteiger partial charge >= 0.3 is 0 Å². The number of hydrogen-bond acceptors (Lipinski definition) is 3. The van der Waals surface area contributed by atoms with Crippen molar-refractivity contribution in [2.24, 2.45) is 5.73 Å². The van der Waals surface area contributed by atoms with Gasteiger partial charge in [-0.25, -0.2) is 0 Å². The second-order valence-corrected chi connectivity index (χ2v) is 3.10. The van der Waals surface area contributed by atoms with Gasteiger partial charge in [0.2, 0.25) is 5.91 Å². The fourth-order valence-electron chi connectivity index (χ4n) is 0.937. The van der Waals surface area contributed by atoms with Gasteiger partial charge in [0, 0.05) is 6.20 Å². The normalized spacial score (nSPS) is 18.8. The molecular weight excluding hydrogens is 156 g/mol. The highest BCUT2D eigenvalue weighted by Crippen LogP contribution is 2.33. The van der Waals surface area contributed by atoms with Crippen LogP contribution in [0.1, 0.15) is 12.8 Å². The van der Waals surface area contributed by atoms with Gasteiger partial charge in [0.15, 0.2) is 0 Å². The van der Waals surface area contributed by atoms with Gasteiger partial charge in [0.25, 0.3) is 0 Å². The van der Waals surface area contributed by atoms with E-state index < -0.39 is 5.54 Å². The first-order valence-electron chi connectivity index (χ1n) is 3.80. The van der Waals surface area contributed by atoms with Crippen molar-refractivity contribution in [2.75, 3.05) is 5.32 Å². The highest BCUT2D eigenvalue weighted by atomic mass is 16.2. The smallest absolute Gasteiger partial charge is 0.244 e. The van der Waals surface area contributed by atoms with E-state index in [1.807, 2.05) is 0 Å². The van der Waals surface area contributed by atoms with Crippen LogP contribution in [0.25, 0.3) is 0 Å². The van der Waals surface area contributed by atoms with Crippen molar-refractivity contribution in [3.05, 3.63) is 12.4 Å². The zero-order valence-corrected chi connectivity index (χ0v) is 6.50. The predicted molar refractivity (Wildman–Crippen MR) is 43.4 cm³/mol. The number of aromatic nitrogens is 2. The lowest BCUT2D eigenvalue weighted by Gasteiger charge is -2.06. The Kier molecular flexibility index (Phi) is 1.41. The van der Waals surface area contributed by atoms with Crippen molar-refractivity contribution >= 4 is 11.6 Å². The fourth-order valence-corrected chi connectivity index (χ4v) is 0.937. The Morgan fingerprint density at radius 2 is 2.50 bits per heavy atom. The first kappa shape index (κ1) is 7.30. The lowest BCUT2D eigenvalue weighted by Crippen LogP contribution is -2.37. The van der Waals surface area contributed by atoms with Crippen LogP contribution in [0.3, 0.4) is 0 Å². The number of carbonyl (C=O) groups excluding carboxylic acids is 1. The number of amides is 1. The third kappa shape index (κ3) is 1.18. The highest BCUT2D eigenvalue weighted by Gasteiger charge is 2.45. The van der Waals surface area contributed by atoms with Gasteiger partial charge in [-0.15, -0.1) is 0 Å². The van der Waals surface area contributed by atoms with Crippen LogP contribution < -0.4 is 11.1 Å². The molecule has 1 fully saturated rings. The minimum Gasteiger partial charge on any atom is -0.322 e. The molecule has 5 nitrogen and oxygen atoms in total. The number of H-pyrrole nitrogens is 1. The first-order valence-corrected chi connectivity index (χ1v) is 3.80. The maximum absolute atomic E-state index is 11.3. The summed E-state index contributed by atoms with van der Waals surface area (Å²) in [4.78, 5) is 11.3. The van der Waals surface area contributed by atoms with Crippen molar-refractivity contribution in [2.45, 2.75) is 18.4 Å². The first-order chi connectivity index (χ1) is 5.71. The molecule has 1 aliphatic carbocycles. The average molecular weight is 166 g/mol. The minimum atomic E-state index is -0.614. The molecule has 0 unspecified atom stereocenters. The van der Waals surface area contributed by atoms with E-state index in [9.17, 15) is 4.79 Å². The Morgan fingerprint density at radius 1 is 1.75 bits per heavy atom. The van der Waals surface area contributed by atoms with E-state index in [4.69, 9.17) is 5.73 Å². The van der Waals surface area contributed by atoms with Gasteiger partial charge in [-0.1, -0.05) is 0 Å². The van der Waals surface area contributed by atoms with Crippen LogP contribution in [0.5, 0.6) is 0 Å². The van der Waals surface area contributed by atoms with Crippen LogP contribution in [0.2, 0.25) is 0 Å². The lowest BCUT2D eigenvalue weighted by molar-refractivity contribution is -0.118. The summed E-state index contributed by atoms with van der Waals surface area (Å²) in [5.41, 5.74) is 5.71. The Hall–Kier alpha value is -1.36. The molecule has 1 aromatic rings. The maximum atomic E-state index is 11.3. The number of hydrogen-bond donors (Lipinski definition) is 3. The third-order valence-electron chi connectivity index (χ3n) is 2.00. The molecule has 5 heteroatoms. The molecule has 0 aromatic carbocycles. The third-order valence-corrected chi connectivity index (χ3v) is 2.00. The van der Waals surface area contributed by atoms with Crippen molar-refractivity contribution in [1.29, 1.82) is 0 Å². The van der Waals surface area contributed by atoms with E-state index in [0.29, 0.717) is 5.69 Å². The number of nitrogens with two attached hydrogens (primary N) is 1. The van der Waals surface area contributed by atoms with Crippen LogP contribution in [0.15, 0.2) is 12.4 Å². The van der Waals surface area contributed by atoms with Crippen LogP contribution in [-0.2, 0) is 4.79 Å². The summed E-state index contributed by atoms with van der Waals surface area (Å²) >= 11 is 0. The van der Waals surface area contributed by atoms with E-state index in [-0.39, 0.29) is 5.91 Å². The molecule has 64 valence electrons. The molecule has 1 aliphatic rings. The molecule has 4 N–H and O–H groups in total. The number of nitrogens with one attached hydrogen (secondary N) is 2. The van der Waals surface area contributed by atoms with Crippen LogP contribution in [-0.4, -0.2) is 21.6 Å². The zero-order chi connectivity index (χ0) is 8.60. The summed E-state index contributed by atoms with van der Waals surface area (Å²) < 4.78 is 0. The Labute approximate surface area is 69.3 Å². The summed E-state index contributed by atoms with van der Waals surface area (Å²) in [6.45, 7) is 0. The summed E-state index contributed by atoms with van der Waals surface area (Å²) in [7, 11) is 0. The molecule has 1 heterocycles. The number of carbonyl (C=O) groups is 1. The molecule has 0 aliphatic heterocycles. The van der Waals surface area contributed by atoms with Crippen molar-refractivity contribution in [3.8, 4) is 0 Å². The van der Waals surface area contributed by atoms with E-state index in [0.717, 1.165) is 12.8 Å². The fraction of sp³-hybridized carbons (Fsp3) is 0.429. The second kappa shape index (κ2) is 2.31. The van der Waals surface area contributed by atoms with E-state index in [1.54, 1.807) is 12.4 Å². The standard InChI is InChI=1S/C7H10N4O/c8-7(1-2-7)6(12)11-5-3-9-10-4-5/h3-4H,1-2,8H2,(H,9,10)(H,11,12). The average Bonchev–Trinajstić information content (AvgIpc) is 2.63. The number of rotatable bonds is 2. The quantitative estimate of drug-likeness (QED) is 0.570. The number of anilines is 1. The summed E-state index contributed by atoms with van der Waals surface area (Å²) in [5.74, 6) is -0.121. The molecule has 1 saturated carbocycles. The predicted octanol–water partition coefficient (Wildman–Crippen LogP) is -0.161. The van der Waals surface area contributed by atoms with Gasteiger partial charge in [0.05, 0.1) is 17.4 Å². The van der Waals surface area contributed by atoms with Crippen LogP contribution in [0, 0.1) is 0 Å². The highest BCUT2D eigenvalue weighted by molar-refractivity contribution is 5.99.